The minimum absolute atomic E-state index is 0.0319. The molecule has 2 rings (SSSR count). The van der Waals surface area contributed by atoms with Crippen LogP contribution in [-0.2, 0) is 23.2 Å². The molecule has 0 atom stereocenters. The zero-order chi connectivity index (χ0) is 14.8. The first-order valence-corrected chi connectivity index (χ1v) is 8.20. The fourth-order valence-corrected chi connectivity index (χ4v) is 3.51. The van der Waals surface area contributed by atoms with Gasteiger partial charge in [-0.05, 0) is 12.1 Å². The number of rotatable bonds is 5. The van der Waals surface area contributed by atoms with Crippen molar-refractivity contribution in [2.45, 2.75) is 18.0 Å². The second kappa shape index (κ2) is 6.15. The third-order valence-corrected chi connectivity index (χ3v) is 4.72. The maximum absolute atomic E-state index is 14.0. The van der Waals surface area contributed by atoms with Gasteiger partial charge in [0, 0.05) is 16.0 Å². The summed E-state index contributed by atoms with van der Waals surface area (Å²) in [4.78, 5) is 3.33. The monoisotopic (exact) mass is 336 g/mol. The number of sulfonamides is 1. The summed E-state index contributed by atoms with van der Waals surface area (Å²) in [6, 6.07) is 2.18. The van der Waals surface area contributed by atoms with Crippen molar-refractivity contribution < 1.29 is 17.9 Å². The third-order valence-electron chi connectivity index (χ3n) is 2.47. The van der Waals surface area contributed by atoms with Crippen LogP contribution in [0.4, 0.5) is 4.39 Å². The molecular formula is C11H10ClFN2O3S2. The van der Waals surface area contributed by atoms with E-state index in [9.17, 15) is 12.8 Å². The minimum atomic E-state index is -4.08. The SMILES string of the molecule is O=S(=O)(NCc1cscn1)c1cc(Cl)cc(CO)c1F. The number of aliphatic hydroxyl groups excluding tert-OH is 1. The Morgan fingerprint density at radius 3 is 2.80 bits per heavy atom. The summed E-state index contributed by atoms with van der Waals surface area (Å²) < 4.78 is 40.3. The van der Waals surface area contributed by atoms with Gasteiger partial charge in [0.15, 0.2) is 0 Å². The first kappa shape index (κ1) is 15.3. The van der Waals surface area contributed by atoms with Crippen LogP contribution in [0.2, 0.25) is 5.02 Å². The summed E-state index contributed by atoms with van der Waals surface area (Å²) in [6.45, 7) is -0.687. The number of aromatic nitrogens is 1. The Bertz CT molecular complexity index is 705. The van der Waals surface area contributed by atoms with E-state index >= 15 is 0 Å². The van der Waals surface area contributed by atoms with Gasteiger partial charge in [0.25, 0.3) is 0 Å². The van der Waals surface area contributed by atoms with Gasteiger partial charge < -0.3 is 5.11 Å². The number of thiazole rings is 1. The Kier molecular flexibility index (Phi) is 4.71. The fourth-order valence-electron chi connectivity index (χ4n) is 1.50. The molecule has 1 aromatic heterocycles. The highest BCUT2D eigenvalue weighted by atomic mass is 35.5. The smallest absolute Gasteiger partial charge is 0.243 e. The minimum Gasteiger partial charge on any atom is -0.392 e. The van der Waals surface area contributed by atoms with Gasteiger partial charge in [-0.1, -0.05) is 11.6 Å². The molecule has 0 saturated heterocycles. The summed E-state index contributed by atoms with van der Waals surface area (Å²) in [5, 5.41) is 10.7. The number of nitrogens with zero attached hydrogens (tertiary/aromatic N) is 1. The van der Waals surface area contributed by atoms with Crippen LogP contribution < -0.4 is 4.72 Å². The Labute approximate surface area is 124 Å². The molecule has 2 aromatic rings. The molecule has 0 bridgehead atoms. The van der Waals surface area contributed by atoms with Gasteiger partial charge in [0.05, 0.1) is 24.4 Å². The molecule has 1 aromatic carbocycles. The molecule has 0 aliphatic heterocycles. The van der Waals surface area contributed by atoms with Crippen molar-refractivity contribution in [1.82, 2.24) is 9.71 Å². The lowest BCUT2D eigenvalue weighted by molar-refractivity contribution is 0.274. The van der Waals surface area contributed by atoms with Crippen molar-refractivity contribution >= 4 is 33.0 Å². The maximum Gasteiger partial charge on any atom is 0.243 e. The molecule has 0 aliphatic carbocycles. The molecule has 0 spiro atoms. The molecule has 5 nitrogen and oxygen atoms in total. The second-order valence-electron chi connectivity index (χ2n) is 3.84. The lowest BCUT2D eigenvalue weighted by atomic mass is 10.2. The summed E-state index contributed by atoms with van der Waals surface area (Å²) >= 11 is 7.05. The van der Waals surface area contributed by atoms with Crippen LogP contribution in [0.3, 0.4) is 0 Å². The summed E-state index contributed by atoms with van der Waals surface area (Å²) in [5.74, 6) is -1.01. The number of benzene rings is 1. The van der Waals surface area contributed by atoms with Gasteiger partial charge in [-0.2, -0.15) is 0 Å². The molecule has 1 heterocycles. The number of aliphatic hydroxyl groups is 1. The predicted octanol–water partition coefficient (Wildman–Crippen LogP) is 1.91. The third kappa shape index (κ3) is 3.33. The molecule has 20 heavy (non-hydrogen) atoms. The molecular weight excluding hydrogens is 327 g/mol. The largest absolute Gasteiger partial charge is 0.392 e. The molecule has 0 amide bonds. The topological polar surface area (TPSA) is 79.3 Å². The number of hydrogen-bond donors (Lipinski definition) is 2. The molecule has 0 radical (unpaired) electrons. The van der Waals surface area contributed by atoms with Crippen LogP contribution in [0.5, 0.6) is 0 Å². The van der Waals surface area contributed by atoms with Crippen molar-refractivity contribution in [2.75, 3.05) is 0 Å². The van der Waals surface area contributed by atoms with E-state index in [1.807, 2.05) is 0 Å². The highest BCUT2D eigenvalue weighted by Gasteiger charge is 2.22. The predicted molar refractivity (Wildman–Crippen MR) is 73.5 cm³/mol. The first-order valence-electron chi connectivity index (χ1n) is 5.39. The molecule has 108 valence electrons. The Hall–Kier alpha value is -1.06. The van der Waals surface area contributed by atoms with Gasteiger partial charge in [-0.25, -0.2) is 22.5 Å². The van der Waals surface area contributed by atoms with Crippen LogP contribution in [0.25, 0.3) is 0 Å². The van der Waals surface area contributed by atoms with Gasteiger partial charge in [-0.3, -0.25) is 0 Å². The summed E-state index contributed by atoms with van der Waals surface area (Å²) in [6.07, 6.45) is 0. The zero-order valence-electron chi connectivity index (χ0n) is 10.0. The van der Waals surface area contributed by atoms with Crippen LogP contribution in [0.1, 0.15) is 11.3 Å². The quantitative estimate of drug-likeness (QED) is 0.874. The van der Waals surface area contributed by atoms with Crippen LogP contribution in [-0.4, -0.2) is 18.5 Å². The fraction of sp³-hybridized carbons (Fsp3) is 0.182. The molecule has 0 aliphatic rings. The van der Waals surface area contributed by atoms with Crippen molar-refractivity contribution in [2.24, 2.45) is 0 Å². The van der Waals surface area contributed by atoms with Crippen molar-refractivity contribution in [1.29, 1.82) is 0 Å². The molecule has 0 unspecified atom stereocenters. The number of halogens is 2. The lowest BCUT2D eigenvalue weighted by Crippen LogP contribution is -2.24. The lowest BCUT2D eigenvalue weighted by Gasteiger charge is -2.09. The Balaban J connectivity index is 2.31. The van der Waals surface area contributed by atoms with E-state index in [4.69, 9.17) is 16.7 Å². The zero-order valence-corrected chi connectivity index (χ0v) is 12.4. The summed E-state index contributed by atoms with van der Waals surface area (Å²) in [5.41, 5.74) is 1.92. The van der Waals surface area contributed by atoms with Gasteiger partial charge in [0.2, 0.25) is 10.0 Å². The van der Waals surface area contributed by atoms with E-state index in [2.05, 4.69) is 9.71 Å². The molecule has 0 saturated carbocycles. The van der Waals surface area contributed by atoms with E-state index in [-0.39, 0.29) is 17.1 Å². The van der Waals surface area contributed by atoms with Gasteiger partial charge >= 0.3 is 0 Å². The van der Waals surface area contributed by atoms with E-state index in [1.165, 1.54) is 17.4 Å². The highest BCUT2D eigenvalue weighted by molar-refractivity contribution is 7.89. The first-order chi connectivity index (χ1) is 9.44. The van der Waals surface area contributed by atoms with Crippen molar-refractivity contribution in [3.05, 3.63) is 45.1 Å². The van der Waals surface area contributed by atoms with Gasteiger partial charge in [0.1, 0.15) is 10.7 Å². The average molecular weight is 337 g/mol. The Morgan fingerprint density at radius 1 is 1.45 bits per heavy atom. The van der Waals surface area contributed by atoms with Gasteiger partial charge in [-0.15, -0.1) is 11.3 Å². The number of nitrogens with one attached hydrogen (secondary N) is 1. The standard InChI is InChI=1S/C11H10ClFN2O3S2/c12-8-1-7(4-16)11(13)10(2-8)20(17,18)15-3-9-5-19-6-14-9/h1-2,5-6,15-16H,3-4H2. The maximum atomic E-state index is 14.0. The normalized spacial score (nSPS) is 11.8. The van der Waals surface area contributed by atoms with Crippen molar-refractivity contribution in [3.8, 4) is 0 Å². The second-order valence-corrected chi connectivity index (χ2v) is 6.73. The van der Waals surface area contributed by atoms with Crippen LogP contribution in [0.15, 0.2) is 27.9 Å². The van der Waals surface area contributed by atoms with Crippen LogP contribution >= 0.6 is 22.9 Å². The van der Waals surface area contributed by atoms with E-state index in [0.29, 0.717) is 5.69 Å². The summed E-state index contributed by atoms with van der Waals surface area (Å²) in [7, 11) is -4.08. The van der Waals surface area contributed by atoms with E-state index in [1.54, 1.807) is 10.9 Å². The number of hydrogen-bond acceptors (Lipinski definition) is 5. The average Bonchev–Trinajstić information content (AvgIpc) is 2.92. The van der Waals surface area contributed by atoms with E-state index < -0.39 is 27.3 Å². The molecule has 9 heteroatoms. The molecule has 2 N–H and O–H groups in total. The Morgan fingerprint density at radius 2 is 2.20 bits per heavy atom. The van der Waals surface area contributed by atoms with Crippen molar-refractivity contribution in [3.63, 3.8) is 0 Å². The molecule has 0 fully saturated rings. The van der Waals surface area contributed by atoms with E-state index in [0.717, 1.165) is 6.07 Å². The van der Waals surface area contributed by atoms with Crippen LogP contribution in [0, 0.1) is 5.82 Å². The highest BCUT2D eigenvalue weighted by Crippen LogP contribution is 2.24.